The zero-order chi connectivity index (χ0) is 13.1. The first-order valence-corrected chi connectivity index (χ1v) is 6.14. The number of para-hydroxylation sites is 1. The first-order valence-electron chi connectivity index (χ1n) is 6.14. The second-order valence-electron chi connectivity index (χ2n) is 4.42. The van der Waals surface area contributed by atoms with E-state index >= 15 is 0 Å². The van der Waals surface area contributed by atoms with Gasteiger partial charge in [0.15, 0.2) is 0 Å². The number of hydrogen-bond acceptors (Lipinski definition) is 1. The third kappa shape index (κ3) is 2.30. The molecule has 94 valence electrons. The molecule has 2 rings (SSSR count). The lowest BCUT2D eigenvalue weighted by Gasteiger charge is -2.13. The fraction of sp³-hybridized carbons (Fsp3) is 0.267. The van der Waals surface area contributed by atoms with E-state index in [-0.39, 0.29) is 5.91 Å². The number of anilines is 1. The zero-order valence-corrected chi connectivity index (χ0v) is 11.0. The van der Waals surface area contributed by atoms with Crippen LogP contribution in [0.3, 0.4) is 0 Å². The summed E-state index contributed by atoms with van der Waals surface area (Å²) in [6.45, 7) is 4.10. The third-order valence-electron chi connectivity index (χ3n) is 3.15. The van der Waals surface area contributed by atoms with Crippen LogP contribution in [0, 0.1) is 6.92 Å². The van der Waals surface area contributed by atoms with E-state index in [4.69, 9.17) is 0 Å². The highest BCUT2D eigenvalue weighted by atomic mass is 16.1. The van der Waals surface area contributed by atoms with Gasteiger partial charge in [0.1, 0.15) is 5.69 Å². The lowest BCUT2D eigenvalue weighted by Crippen LogP contribution is -2.17. The average Bonchev–Trinajstić information content (AvgIpc) is 2.78. The van der Waals surface area contributed by atoms with Crippen molar-refractivity contribution in [1.29, 1.82) is 0 Å². The van der Waals surface area contributed by atoms with E-state index in [0.717, 1.165) is 23.2 Å². The number of carbonyl (C=O) groups excluding carboxylic acids is 1. The molecule has 0 atom stereocenters. The topological polar surface area (TPSA) is 34.0 Å². The predicted molar refractivity (Wildman–Crippen MR) is 73.9 cm³/mol. The van der Waals surface area contributed by atoms with Crippen LogP contribution < -0.4 is 5.32 Å². The van der Waals surface area contributed by atoms with E-state index in [0.29, 0.717) is 5.69 Å². The molecule has 0 spiro atoms. The molecule has 1 aromatic carbocycles. The van der Waals surface area contributed by atoms with Crippen LogP contribution >= 0.6 is 0 Å². The largest absolute Gasteiger partial charge is 0.347 e. The van der Waals surface area contributed by atoms with Crippen molar-refractivity contribution < 1.29 is 4.79 Å². The number of amides is 1. The second kappa shape index (κ2) is 5.08. The van der Waals surface area contributed by atoms with E-state index in [1.165, 1.54) is 0 Å². The Balaban J connectivity index is 2.30. The molecule has 0 saturated heterocycles. The maximum absolute atomic E-state index is 12.2. The van der Waals surface area contributed by atoms with Gasteiger partial charge in [-0.1, -0.05) is 25.1 Å². The van der Waals surface area contributed by atoms with Gasteiger partial charge in [-0.25, -0.2) is 0 Å². The van der Waals surface area contributed by atoms with Crippen molar-refractivity contribution >= 4 is 11.6 Å². The van der Waals surface area contributed by atoms with Crippen molar-refractivity contribution in [2.45, 2.75) is 20.3 Å². The molecule has 1 heterocycles. The number of nitrogens with one attached hydrogen (secondary N) is 1. The van der Waals surface area contributed by atoms with Gasteiger partial charge < -0.3 is 9.88 Å². The SMILES string of the molecule is CCc1cccc(C)c1NC(=O)c1cccn1C. The highest BCUT2D eigenvalue weighted by Gasteiger charge is 2.12. The van der Waals surface area contributed by atoms with Gasteiger partial charge in [-0.15, -0.1) is 0 Å². The lowest BCUT2D eigenvalue weighted by atomic mass is 10.1. The second-order valence-corrected chi connectivity index (χ2v) is 4.42. The molecule has 0 radical (unpaired) electrons. The van der Waals surface area contributed by atoms with Gasteiger partial charge in [-0.3, -0.25) is 4.79 Å². The Morgan fingerprint density at radius 2 is 2.06 bits per heavy atom. The van der Waals surface area contributed by atoms with Crippen molar-refractivity contribution in [3.8, 4) is 0 Å². The molecule has 3 nitrogen and oxygen atoms in total. The van der Waals surface area contributed by atoms with Gasteiger partial charge in [0.25, 0.3) is 5.91 Å². The Morgan fingerprint density at radius 1 is 1.28 bits per heavy atom. The average molecular weight is 242 g/mol. The minimum Gasteiger partial charge on any atom is -0.347 e. The van der Waals surface area contributed by atoms with Gasteiger partial charge in [0, 0.05) is 18.9 Å². The first kappa shape index (κ1) is 12.4. The van der Waals surface area contributed by atoms with Crippen LogP contribution in [0.1, 0.15) is 28.5 Å². The number of benzene rings is 1. The molecule has 3 heteroatoms. The van der Waals surface area contributed by atoms with Crippen molar-refractivity contribution in [3.63, 3.8) is 0 Å². The molecule has 18 heavy (non-hydrogen) atoms. The fourth-order valence-corrected chi connectivity index (χ4v) is 2.08. The van der Waals surface area contributed by atoms with E-state index in [9.17, 15) is 4.79 Å². The maximum atomic E-state index is 12.2. The number of carbonyl (C=O) groups is 1. The quantitative estimate of drug-likeness (QED) is 0.881. The minimum atomic E-state index is -0.0634. The van der Waals surface area contributed by atoms with Crippen molar-refractivity contribution in [1.82, 2.24) is 4.57 Å². The summed E-state index contributed by atoms with van der Waals surface area (Å²) >= 11 is 0. The Labute approximate surface area is 107 Å². The summed E-state index contributed by atoms with van der Waals surface area (Å²) in [6.07, 6.45) is 2.78. The number of hydrogen-bond donors (Lipinski definition) is 1. The molecule has 1 N–H and O–H groups in total. The molecular formula is C15H18N2O. The summed E-state index contributed by atoms with van der Waals surface area (Å²) in [7, 11) is 1.87. The number of nitrogens with zero attached hydrogens (tertiary/aromatic N) is 1. The zero-order valence-electron chi connectivity index (χ0n) is 11.0. The number of aromatic nitrogens is 1. The van der Waals surface area contributed by atoms with Gasteiger partial charge >= 0.3 is 0 Å². The third-order valence-corrected chi connectivity index (χ3v) is 3.15. The number of aryl methyl sites for hydroxylation is 3. The summed E-state index contributed by atoms with van der Waals surface area (Å²) in [6, 6.07) is 9.77. The maximum Gasteiger partial charge on any atom is 0.272 e. The Hall–Kier alpha value is -2.03. The molecule has 1 aromatic heterocycles. The molecule has 0 aliphatic carbocycles. The summed E-state index contributed by atoms with van der Waals surface area (Å²) in [5.41, 5.74) is 3.86. The van der Waals surface area contributed by atoms with Crippen LogP contribution in [0.15, 0.2) is 36.5 Å². The van der Waals surface area contributed by atoms with E-state index in [1.807, 2.05) is 55.1 Å². The van der Waals surface area contributed by atoms with Crippen molar-refractivity contribution in [2.75, 3.05) is 5.32 Å². The smallest absolute Gasteiger partial charge is 0.272 e. The lowest BCUT2D eigenvalue weighted by molar-refractivity contribution is 0.101. The van der Waals surface area contributed by atoms with Crippen LogP contribution in [-0.2, 0) is 13.5 Å². The van der Waals surface area contributed by atoms with Gasteiger partial charge in [0.05, 0.1) is 0 Å². The monoisotopic (exact) mass is 242 g/mol. The molecule has 0 aliphatic heterocycles. The van der Waals surface area contributed by atoms with E-state index < -0.39 is 0 Å². The molecular weight excluding hydrogens is 224 g/mol. The van der Waals surface area contributed by atoms with Crippen molar-refractivity contribution in [2.24, 2.45) is 7.05 Å². The van der Waals surface area contributed by atoms with Crippen LogP contribution in [0.2, 0.25) is 0 Å². The highest BCUT2D eigenvalue weighted by Crippen LogP contribution is 2.21. The van der Waals surface area contributed by atoms with Crippen LogP contribution in [-0.4, -0.2) is 10.5 Å². The molecule has 0 aliphatic rings. The van der Waals surface area contributed by atoms with Crippen LogP contribution in [0.5, 0.6) is 0 Å². The van der Waals surface area contributed by atoms with Crippen molar-refractivity contribution in [3.05, 3.63) is 53.3 Å². The Morgan fingerprint density at radius 3 is 2.67 bits per heavy atom. The summed E-state index contributed by atoms with van der Waals surface area (Å²) in [4.78, 5) is 12.2. The van der Waals surface area contributed by atoms with Gasteiger partial charge in [-0.05, 0) is 36.6 Å². The molecule has 2 aromatic rings. The van der Waals surface area contributed by atoms with Gasteiger partial charge in [-0.2, -0.15) is 0 Å². The summed E-state index contributed by atoms with van der Waals surface area (Å²) in [5, 5.41) is 3.01. The standard InChI is InChI=1S/C15H18N2O/c1-4-12-8-5-7-11(2)14(12)16-15(18)13-9-6-10-17(13)3/h5-10H,4H2,1-3H3,(H,16,18). The van der Waals surface area contributed by atoms with Crippen LogP contribution in [0.25, 0.3) is 0 Å². The highest BCUT2D eigenvalue weighted by molar-refractivity contribution is 6.04. The van der Waals surface area contributed by atoms with Crippen LogP contribution in [0.4, 0.5) is 5.69 Å². The molecule has 0 saturated carbocycles. The normalized spacial score (nSPS) is 10.4. The fourth-order valence-electron chi connectivity index (χ4n) is 2.08. The molecule has 1 amide bonds. The Bertz CT molecular complexity index is 570. The predicted octanol–water partition coefficient (Wildman–Crippen LogP) is 3.15. The Kier molecular flexibility index (Phi) is 3.51. The summed E-state index contributed by atoms with van der Waals surface area (Å²) in [5.74, 6) is -0.0634. The van der Waals surface area contributed by atoms with E-state index in [1.54, 1.807) is 0 Å². The minimum absolute atomic E-state index is 0.0634. The molecule has 0 unspecified atom stereocenters. The first-order chi connectivity index (χ1) is 8.63. The van der Waals surface area contributed by atoms with E-state index in [2.05, 4.69) is 12.2 Å². The molecule has 0 bridgehead atoms. The number of rotatable bonds is 3. The summed E-state index contributed by atoms with van der Waals surface area (Å²) < 4.78 is 1.82. The van der Waals surface area contributed by atoms with Gasteiger partial charge in [0.2, 0.25) is 0 Å². The molecule has 0 fully saturated rings.